The van der Waals surface area contributed by atoms with Gasteiger partial charge in [-0.3, -0.25) is 4.79 Å². The van der Waals surface area contributed by atoms with Gasteiger partial charge in [-0.05, 0) is 32.1 Å². The zero-order valence-electron chi connectivity index (χ0n) is 22.9. The molecule has 0 saturated heterocycles. The second kappa shape index (κ2) is 26.7. The van der Waals surface area contributed by atoms with Crippen LogP contribution in [0, 0.1) is 0 Å². The van der Waals surface area contributed by atoms with Gasteiger partial charge in [-0.15, -0.1) is 0 Å². The number of aliphatic hydroxyl groups is 2. The van der Waals surface area contributed by atoms with Gasteiger partial charge in [0.2, 0.25) is 5.91 Å². The van der Waals surface area contributed by atoms with Crippen LogP contribution in [0.3, 0.4) is 0 Å². The van der Waals surface area contributed by atoms with Gasteiger partial charge < -0.3 is 15.5 Å². The molecular weight excluding hydrogens is 422 g/mol. The van der Waals surface area contributed by atoms with Crippen LogP contribution in [-0.4, -0.2) is 34.9 Å². The summed E-state index contributed by atoms with van der Waals surface area (Å²) in [7, 11) is 0. The van der Waals surface area contributed by atoms with E-state index in [9.17, 15) is 15.0 Å². The monoisotopic (exact) mass is 481 g/mol. The van der Waals surface area contributed by atoms with E-state index in [0.717, 1.165) is 25.7 Å². The summed E-state index contributed by atoms with van der Waals surface area (Å²) in [4.78, 5) is 12.2. The third-order valence-corrected chi connectivity index (χ3v) is 6.78. The van der Waals surface area contributed by atoms with Crippen LogP contribution >= 0.6 is 0 Å². The molecule has 0 bridgehead atoms. The summed E-state index contributed by atoms with van der Waals surface area (Å²) in [5.41, 5.74) is 0. The number of aliphatic hydroxyl groups excluding tert-OH is 2. The molecule has 4 heteroatoms. The van der Waals surface area contributed by atoms with E-state index in [-0.39, 0.29) is 12.5 Å². The van der Waals surface area contributed by atoms with Gasteiger partial charge >= 0.3 is 0 Å². The fraction of sp³-hybridized carbons (Fsp3) is 0.900. The summed E-state index contributed by atoms with van der Waals surface area (Å²) >= 11 is 0. The first-order valence-electron chi connectivity index (χ1n) is 14.9. The third-order valence-electron chi connectivity index (χ3n) is 6.78. The van der Waals surface area contributed by atoms with Crippen molar-refractivity contribution in [3.05, 3.63) is 12.2 Å². The zero-order chi connectivity index (χ0) is 25.1. The van der Waals surface area contributed by atoms with Crippen molar-refractivity contribution in [3.63, 3.8) is 0 Å². The number of rotatable bonds is 26. The molecule has 0 heterocycles. The lowest BCUT2D eigenvalue weighted by molar-refractivity contribution is -0.123. The van der Waals surface area contributed by atoms with Crippen molar-refractivity contribution < 1.29 is 15.0 Å². The maximum atomic E-state index is 12.2. The van der Waals surface area contributed by atoms with Gasteiger partial charge in [0.05, 0.1) is 18.8 Å². The molecule has 0 aliphatic rings. The number of nitrogens with one attached hydrogen (secondary N) is 1. The van der Waals surface area contributed by atoms with Gasteiger partial charge in [0.1, 0.15) is 0 Å². The molecule has 3 N–H and O–H groups in total. The summed E-state index contributed by atoms with van der Waals surface area (Å²) < 4.78 is 0. The van der Waals surface area contributed by atoms with Crippen LogP contribution in [0.2, 0.25) is 0 Å². The lowest BCUT2D eigenvalue weighted by Gasteiger charge is -2.22. The molecule has 1 amide bonds. The summed E-state index contributed by atoms with van der Waals surface area (Å²) in [5.74, 6) is -0.0455. The molecule has 0 aromatic carbocycles. The van der Waals surface area contributed by atoms with Crippen LogP contribution in [0.15, 0.2) is 12.2 Å². The summed E-state index contributed by atoms with van der Waals surface area (Å²) in [6.07, 6.45) is 29.6. The number of carbonyl (C=O) groups excluding carboxylic acids is 1. The molecule has 34 heavy (non-hydrogen) atoms. The van der Waals surface area contributed by atoms with Crippen LogP contribution in [0.1, 0.15) is 155 Å². The number of carbonyl (C=O) groups is 1. The molecule has 0 aromatic rings. The lowest BCUT2D eigenvalue weighted by Crippen LogP contribution is -2.45. The third kappa shape index (κ3) is 22.9. The van der Waals surface area contributed by atoms with Gasteiger partial charge in [0, 0.05) is 6.42 Å². The molecule has 202 valence electrons. The maximum Gasteiger partial charge on any atom is 0.220 e. The quantitative estimate of drug-likeness (QED) is 0.0865. The van der Waals surface area contributed by atoms with E-state index >= 15 is 0 Å². The van der Waals surface area contributed by atoms with Gasteiger partial charge in [0.15, 0.2) is 0 Å². The fourth-order valence-electron chi connectivity index (χ4n) is 4.40. The van der Waals surface area contributed by atoms with Crippen LogP contribution in [0.4, 0.5) is 0 Å². The fourth-order valence-corrected chi connectivity index (χ4v) is 4.40. The molecule has 4 nitrogen and oxygen atoms in total. The summed E-state index contributed by atoms with van der Waals surface area (Å²) in [6, 6.07) is -0.532. The number of hydrogen-bond acceptors (Lipinski definition) is 3. The van der Waals surface area contributed by atoms with Gasteiger partial charge in [-0.2, -0.15) is 0 Å². The van der Waals surface area contributed by atoms with Crippen LogP contribution < -0.4 is 5.32 Å². The van der Waals surface area contributed by atoms with Gasteiger partial charge in [-0.1, -0.05) is 129 Å². The molecule has 0 aromatic heterocycles. The lowest BCUT2D eigenvalue weighted by atomic mass is 10.0. The molecule has 0 aliphatic carbocycles. The predicted octanol–water partition coefficient (Wildman–Crippen LogP) is 8.00. The van der Waals surface area contributed by atoms with E-state index in [1.165, 1.54) is 103 Å². The maximum absolute atomic E-state index is 12.2. The first-order valence-corrected chi connectivity index (χ1v) is 14.9. The summed E-state index contributed by atoms with van der Waals surface area (Å²) in [6.45, 7) is 4.28. The number of hydrogen-bond donors (Lipinski definition) is 3. The van der Waals surface area contributed by atoms with E-state index in [2.05, 4.69) is 31.3 Å². The minimum Gasteiger partial charge on any atom is -0.394 e. The normalized spacial score (nSPS) is 13.4. The van der Waals surface area contributed by atoms with Crippen molar-refractivity contribution in [2.24, 2.45) is 0 Å². The molecule has 0 spiro atoms. The van der Waals surface area contributed by atoms with E-state index in [4.69, 9.17) is 0 Å². The van der Waals surface area contributed by atoms with E-state index < -0.39 is 12.1 Å². The van der Waals surface area contributed by atoms with Gasteiger partial charge in [-0.25, -0.2) is 0 Å². The molecule has 0 radical (unpaired) electrons. The number of amides is 1. The minimum absolute atomic E-state index is 0.0455. The molecule has 0 fully saturated rings. The average molecular weight is 482 g/mol. The molecule has 2 atom stereocenters. The van der Waals surface area contributed by atoms with E-state index in [0.29, 0.717) is 12.8 Å². The van der Waals surface area contributed by atoms with Crippen LogP contribution in [0.25, 0.3) is 0 Å². The first-order chi connectivity index (χ1) is 16.7. The van der Waals surface area contributed by atoms with Crippen molar-refractivity contribution >= 4 is 5.91 Å². The van der Waals surface area contributed by atoms with Crippen LogP contribution in [0.5, 0.6) is 0 Å². The Hall–Kier alpha value is -0.870. The largest absolute Gasteiger partial charge is 0.394 e. The average Bonchev–Trinajstić information content (AvgIpc) is 2.84. The Balaban J connectivity index is 3.63. The van der Waals surface area contributed by atoms with Crippen molar-refractivity contribution in [1.29, 1.82) is 0 Å². The highest BCUT2D eigenvalue weighted by molar-refractivity contribution is 5.76. The second-order valence-corrected chi connectivity index (χ2v) is 10.2. The van der Waals surface area contributed by atoms with Crippen molar-refractivity contribution in [2.45, 2.75) is 167 Å². The molecule has 0 aliphatic heterocycles. The van der Waals surface area contributed by atoms with Crippen LogP contribution in [-0.2, 0) is 4.79 Å². The smallest absolute Gasteiger partial charge is 0.220 e. The highest BCUT2D eigenvalue weighted by atomic mass is 16.3. The van der Waals surface area contributed by atoms with Gasteiger partial charge in [0.25, 0.3) is 0 Å². The highest BCUT2D eigenvalue weighted by Gasteiger charge is 2.19. The van der Waals surface area contributed by atoms with Crippen molar-refractivity contribution in [3.8, 4) is 0 Å². The Morgan fingerprint density at radius 1 is 0.676 bits per heavy atom. The zero-order valence-corrected chi connectivity index (χ0v) is 22.9. The Morgan fingerprint density at radius 2 is 1.15 bits per heavy atom. The Bertz CT molecular complexity index is 452. The number of allylic oxidation sites excluding steroid dienone is 2. The molecular formula is C30H59NO3. The predicted molar refractivity (Wildman–Crippen MR) is 147 cm³/mol. The van der Waals surface area contributed by atoms with E-state index in [1.54, 1.807) is 0 Å². The standard InChI is InChI=1S/C30H59NO3/c1-3-5-7-9-11-13-15-17-19-21-23-25-29(33)28(27-32)31-30(34)26-24-22-20-18-16-14-12-10-8-6-4-2/h10,12,28-29,32-33H,3-9,11,13-27H2,1-2H3,(H,31,34)/b12-10-. The topological polar surface area (TPSA) is 69.6 Å². The van der Waals surface area contributed by atoms with E-state index in [1.807, 2.05) is 0 Å². The number of unbranched alkanes of at least 4 members (excludes halogenated alkanes) is 17. The Morgan fingerprint density at radius 3 is 1.71 bits per heavy atom. The Labute approximate surface area is 212 Å². The molecule has 0 rings (SSSR count). The summed E-state index contributed by atoms with van der Waals surface area (Å²) in [5, 5.41) is 22.8. The minimum atomic E-state index is -0.655. The van der Waals surface area contributed by atoms with Crippen molar-refractivity contribution in [2.75, 3.05) is 6.61 Å². The SMILES string of the molecule is CCCC/C=C\CCCCCCCC(=O)NC(CO)C(O)CCCCCCCCCCCCC. The van der Waals surface area contributed by atoms with Crippen molar-refractivity contribution in [1.82, 2.24) is 5.32 Å². The highest BCUT2D eigenvalue weighted by Crippen LogP contribution is 2.14. The molecule has 0 saturated carbocycles. The molecule has 2 unspecified atom stereocenters. The first kappa shape index (κ1) is 33.1. The Kier molecular flexibility index (Phi) is 26.0. The second-order valence-electron chi connectivity index (χ2n) is 10.2.